The van der Waals surface area contributed by atoms with Crippen molar-refractivity contribution in [2.75, 3.05) is 19.7 Å². The summed E-state index contributed by atoms with van der Waals surface area (Å²) in [6.07, 6.45) is 4.38. The zero-order valence-corrected chi connectivity index (χ0v) is 17.9. The number of nitrogens with one attached hydrogen (secondary N) is 1. The van der Waals surface area contributed by atoms with Gasteiger partial charge in [-0.1, -0.05) is 43.8 Å². The van der Waals surface area contributed by atoms with Gasteiger partial charge in [0.15, 0.2) is 0 Å². The number of aliphatic carboxylic acids is 2. The Balaban J connectivity index is 0.000000372. The molecule has 0 aliphatic carbocycles. The molecule has 0 amide bonds. The number of rotatable bonds is 7. The number of benzene rings is 2. The molecule has 0 atom stereocenters. The summed E-state index contributed by atoms with van der Waals surface area (Å²) in [6, 6.07) is 18.9. The number of hydrogen-bond donors (Lipinski definition) is 3. The standard InChI is InChI=1S/C21H24N2O.C4H4O4.CH4/c1-2-7-17(8-3-1)24-16-6-15-23-20-10-5-4-9-18(20)19-11-13-22-14-12-21(19)23;5-3(6)1-2-4(7)8;/h1-5,7-10,22H,6,11-16H2;1-2H,(H,5,6)(H,7,8);1H4/b;2-1-;. The molecule has 2 heterocycles. The number of fused-ring (bicyclic) bond motifs is 3. The second-order valence-electron chi connectivity index (χ2n) is 7.37. The molecule has 176 valence electrons. The van der Waals surface area contributed by atoms with E-state index < -0.39 is 11.9 Å². The molecule has 7 nitrogen and oxygen atoms in total. The number of nitrogens with zero attached hydrogens (tertiary/aromatic N) is 1. The van der Waals surface area contributed by atoms with E-state index in [-0.39, 0.29) is 7.43 Å². The molecule has 1 aromatic heterocycles. The van der Waals surface area contributed by atoms with Crippen LogP contribution >= 0.6 is 0 Å². The fourth-order valence-corrected chi connectivity index (χ4v) is 3.87. The first-order chi connectivity index (χ1) is 15.6. The van der Waals surface area contributed by atoms with Gasteiger partial charge >= 0.3 is 11.9 Å². The quantitative estimate of drug-likeness (QED) is 0.368. The van der Waals surface area contributed by atoms with Crippen molar-refractivity contribution in [1.29, 1.82) is 0 Å². The molecule has 0 spiro atoms. The minimum absolute atomic E-state index is 0. The van der Waals surface area contributed by atoms with Crippen molar-refractivity contribution in [2.24, 2.45) is 0 Å². The van der Waals surface area contributed by atoms with Crippen molar-refractivity contribution < 1.29 is 24.5 Å². The third-order valence-corrected chi connectivity index (χ3v) is 5.19. The molecular weight excluding hydrogens is 420 g/mol. The molecule has 0 bridgehead atoms. The first-order valence-corrected chi connectivity index (χ1v) is 10.7. The van der Waals surface area contributed by atoms with E-state index >= 15 is 0 Å². The van der Waals surface area contributed by atoms with Gasteiger partial charge < -0.3 is 24.8 Å². The minimum Gasteiger partial charge on any atom is -0.494 e. The van der Waals surface area contributed by atoms with Crippen molar-refractivity contribution in [3.8, 4) is 5.75 Å². The lowest BCUT2D eigenvalue weighted by Crippen LogP contribution is -2.17. The molecule has 0 radical (unpaired) electrons. The van der Waals surface area contributed by atoms with E-state index in [1.54, 1.807) is 5.56 Å². The van der Waals surface area contributed by atoms with Crippen LogP contribution in [-0.4, -0.2) is 46.4 Å². The Hall–Kier alpha value is -3.58. The molecule has 7 heteroatoms. The maximum absolute atomic E-state index is 9.55. The Kier molecular flexibility index (Phi) is 10.2. The number of hydrogen-bond acceptors (Lipinski definition) is 4. The van der Waals surface area contributed by atoms with Crippen LogP contribution in [0.4, 0.5) is 0 Å². The summed E-state index contributed by atoms with van der Waals surface area (Å²) >= 11 is 0. The van der Waals surface area contributed by atoms with Gasteiger partial charge in [0.1, 0.15) is 5.75 Å². The second kappa shape index (κ2) is 13.1. The third kappa shape index (κ3) is 7.50. The molecule has 4 rings (SSSR count). The zero-order valence-electron chi connectivity index (χ0n) is 17.9. The van der Waals surface area contributed by atoms with Crippen LogP contribution in [0, 0.1) is 0 Å². The summed E-state index contributed by atoms with van der Waals surface area (Å²) in [4.78, 5) is 19.1. The summed E-state index contributed by atoms with van der Waals surface area (Å²) < 4.78 is 8.38. The van der Waals surface area contributed by atoms with Crippen molar-refractivity contribution in [2.45, 2.75) is 33.2 Å². The summed E-state index contributed by atoms with van der Waals surface area (Å²) in [5, 5.41) is 20.6. The van der Waals surface area contributed by atoms with Gasteiger partial charge in [-0.05, 0) is 43.1 Å². The first kappa shape index (κ1) is 25.7. The van der Waals surface area contributed by atoms with Crippen LogP contribution in [0.3, 0.4) is 0 Å². The van der Waals surface area contributed by atoms with Crippen LogP contribution in [0.15, 0.2) is 66.7 Å². The van der Waals surface area contributed by atoms with E-state index in [0.717, 1.165) is 51.3 Å². The topological polar surface area (TPSA) is 101 Å². The van der Waals surface area contributed by atoms with Crippen molar-refractivity contribution in [3.63, 3.8) is 0 Å². The molecule has 1 aliphatic rings. The van der Waals surface area contributed by atoms with E-state index in [9.17, 15) is 9.59 Å². The molecule has 1 aliphatic heterocycles. The molecule has 3 N–H and O–H groups in total. The maximum atomic E-state index is 9.55. The molecular formula is C26H32N2O5. The lowest BCUT2D eigenvalue weighted by Gasteiger charge is -2.12. The molecule has 0 saturated carbocycles. The number of carbonyl (C=O) groups is 2. The van der Waals surface area contributed by atoms with Gasteiger partial charge in [0.25, 0.3) is 0 Å². The highest BCUT2D eigenvalue weighted by molar-refractivity contribution is 5.89. The highest BCUT2D eigenvalue weighted by Gasteiger charge is 2.18. The average molecular weight is 453 g/mol. The fourth-order valence-electron chi connectivity index (χ4n) is 3.87. The highest BCUT2D eigenvalue weighted by atomic mass is 16.5. The monoisotopic (exact) mass is 452 g/mol. The van der Waals surface area contributed by atoms with E-state index in [1.165, 1.54) is 16.6 Å². The maximum Gasteiger partial charge on any atom is 0.328 e. The van der Waals surface area contributed by atoms with Gasteiger partial charge in [0.05, 0.1) is 6.61 Å². The second-order valence-corrected chi connectivity index (χ2v) is 7.37. The highest BCUT2D eigenvalue weighted by Crippen LogP contribution is 2.28. The lowest BCUT2D eigenvalue weighted by molar-refractivity contribution is -0.134. The number of carboxylic acids is 2. The first-order valence-electron chi connectivity index (χ1n) is 10.7. The van der Waals surface area contributed by atoms with Crippen molar-refractivity contribution >= 4 is 22.8 Å². The fraction of sp³-hybridized carbons (Fsp3) is 0.308. The van der Waals surface area contributed by atoms with Gasteiger partial charge in [-0.25, -0.2) is 9.59 Å². The van der Waals surface area contributed by atoms with Gasteiger partial charge in [-0.2, -0.15) is 0 Å². The Bertz CT molecular complexity index is 1060. The molecule has 0 saturated heterocycles. The van der Waals surface area contributed by atoms with Crippen LogP contribution in [0.2, 0.25) is 0 Å². The summed E-state index contributed by atoms with van der Waals surface area (Å²) in [5.74, 6) is -1.56. The minimum atomic E-state index is -1.26. The Labute approximate surface area is 194 Å². The largest absolute Gasteiger partial charge is 0.494 e. The summed E-state index contributed by atoms with van der Waals surface area (Å²) in [7, 11) is 0. The molecule has 0 fully saturated rings. The van der Waals surface area contributed by atoms with Gasteiger partial charge in [-0.15, -0.1) is 0 Å². The normalized spacial score (nSPS) is 12.7. The number of aromatic nitrogens is 1. The van der Waals surface area contributed by atoms with Crippen molar-refractivity contribution in [1.82, 2.24) is 9.88 Å². The Morgan fingerprint density at radius 3 is 2.27 bits per heavy atom. The van der Waals surface area contributed by atoms with E-state index in [1.807, 2.05) is 30.3 Å². The lowest BCUT2D eigenvalue weighted by atomic mass is 10.1. The van der Waals surface area contributed by atoms with Crippen LogP contribution in [-0.2, 0) is 29.0 Å². The smallest absolute Gasteiger partial charge is 0.328 e. The number of para-hydroxylation sites is 2. The number of carboxylic acid groups (broad SMARTS) is 2. The van der Waals surface area contributed by atoms with Crippen LogP contribution in [0.25, 0.3) is 10.9 Å². The van der Waals surface area contributed by atoms with Crippen molar-refractivity contribution in [3.05, 3.63) is 78.0 Å². The SMILES string of the molecule is C.O=C(O)/C=C\C(=O)O.c1ccc(OCCCn2c3c(c4ccccc42)CCNCC3)cc1. The number of ether oxygens (including phenoxy) is 1. The third-order valence-electron chi connectivity index (χ3n) is 5.19. The zero-order chi connectivity index (χ0) is 22.8. The van der Waals surface area contributed by atoms with E-state index in [4.69, 9.17) is 14.9 Å². The van der Waals surface area contributed by atoms with Gasteiger partial charge in [0, 0.05) is 48.3 Å². The van der Waals surface area contributed by atoms with E-state index in [2.05, 4.69) is 34.1 Å². The van der Waals surface area contributed by atoms with Crippen LogP contribution in [0.5, 0.6) is 5.75 Å². The Morgan fingerprint density at radius 1 is 0.939 bits per heavy atom. The predicted molar refractivity (Wildman–Crippen MR) is 130 cm³/mol. The molecule has 2 aromatic carbocycles. The average Bonchev–Trinajstić information content (AvgIpc) is 2.93. The van der Waals surface area contributed by atoms with Gasteiger partial charge in [-0.3, -0.25) is 0 Å². The molecule has 33 heavy (non-hydrogen) atoms. The predicted octanol–water partition coefficient (Wildman–Crippen LogP) is 4.15. The number of aryl methyl sites for hydroxylation is 1. The Morgan fingerprint density at radius 2 is 1.58 bits per heavy atom. The summed E-state index contributed by atoms with van der Waals surface area (Å²) in [6.45, 7) is 3.92. The van der Waals surface area contributed by atoms with Gasteiger partial charge in [0.2, 0.25) is 0 Å². The van der Waals surface area contributed by atoms with Crippen LogP contribution < -0.4 is 10.1 Å². The summed E-state index contributed by atoms with van der Waals surface area (Å²) in [5.41, 5.74) is 4.43. The molecule has 0 unspecified atom stereocenters. The van der Waals surface area contributed by atoms with Crippen LogP contribution in [0.1, 0.15) is 25.1 Å². The molecule has 3 aromatic rings. The van der Waals surface area contributed by atoms with E-state index in [0.29, 0.717) is 12.2 Å².